The Morgan fingerprint density at radius 2 is 2.06 bits per heavy atom. The Bertz CT molecular complexity index is 285. The van der Waals surface area contributed by atoms with Gasteiger partial charge in [0.1, 0.15) is 0 Å². The maximum atomic E-state index is 11.2. The third kappa shape index (κ3) is 5.30. The van der Waals surface area contributed by atoms with Gasteiger partial charge in [0.25, 0.3) is 0 Å². The summed E-state index contributed by atoms with van der Waals surface area (Å²) in [5.41, 5.74) is 0. The summed E-state index contributed by atoms with van der Waals surface area (Å²) in [4.78, 5) is 0. The fourth-order valence-corrected chi connectivity index (χ4v) is 3.72. The predicted octanol–water partition coefficient (Wildman–Crippen LogP) is 2.55. The van der Waals surface area contributed by atoms with Crippen molar-refractivity contribution in [2.45, 2.75) is 64.6 Å². The Labute approximate surface area is 99.5 Å². The van der Waals surface area contributed by atoms with Crippen LogP contribution >= 0.6 is 0 Å². The van der Waals surface area contributed by atoms with Crippen LogP contribution in [0.2, 0.25) is 0 Å². The minimum atomic E-state index is -2.80. The van der Waals surface area contributed by atoms with Crippen molar-refractivity contribution in [2.24, 2.45) is 0 Å². The molecule has 16 heavy (non-hydrogen) atoms. The SMILES string of the molecule is CCCCCC[C@@H](C)O[C@H]1CCS(=O)(=O)C1. The van der Waals surface area contributed by atoms with Crippen molar-refractivity contribution in [2.75, 3.05) is 11.5 Å². The molecule has 1 aliphatic rings. The maximum absolute atomic E-state index is 11.2. The van der Waals surface area contributed by atoms with Crippen molar-refractivity contribution >= 4 is 9.84 Å². The number of hydrogen-bond donors (Lipinski definition) is 0. The highest BCUT2D eigenvalue weighted by molar-refractivity contribution is 7.91. The highest BCUT2D eigenvalue weighted by Gasteiger charge is 2.29. The normalized spacial score (nSPS) is 25.8. The van der Waals surface area contributed by atoms with E-state index < -0.39 is 9.84 Å². The quantitative estimate of drug-likeness (QED) is 0.650. The summed E-state index contributed by atoms with van der Waals surface area (Å²) in [6.45, 7) is 4.25. The second-order valence-corrected chi connectivity index (χ2v) is 7.05. The molecule has 0 unspecified atom stereocenters. The molecule has 2 atom stereocenters. The lowest BCUT2D eigenvalue weighted by Gasteiger charge is -2.17. The van der Waals surface area contributed by atoms with Gasteiger partial charge in [-0.25, -0.2) is 8.42 Å². The van der Waals surface area contributed by atoms with E-state index in [1.54, 1.807) is 0 Å². The molecule has 0 aromatic heterocycles. The molecule has 1 aliphatic heterocycles. The van der Waals surface area contributed by atoms with Gasteiger partial charge in [-0.1, -0.05) is 32.6 Å². The zero-order chi connectivity index (χ0) is 12.0. The van der Waals surface area contributed by atoms with Crippen LogP contribution in [-0.4, -0.2) is 32.1 Å². The Morgan fingerprint density at radius 3 is 2.62 bits per heavy atom. The molecule has 1 heterocycles. The highest BCUT2D eigenvalue weighted by atomic mass is 32.2. The van der Waals surface area contributed by atoms with E-state index in [-0.39, 0.29) is 18.0 Å². The Morgan fingerprint density at radius 1 is 1.31 bits per heavy atom. The number of hydrogen-bond acceptors (Lipinski definition) is 3. The van der Waals surface area contributed by atoms with Gasteiger partial charge in [-0.3, -0.25) is 0 Å². The number of unbranched alkanes of at least 4 members (excludes halogenated alkanes) is 3. The second-order valence-electron chi connectivity index (χ2n) is 4.82. The molecule has 0 saturated carbocycles. The van der Waals surface area contributed by atoms with E-state index in [1.165, 1.54) is 25.7 Å². The lowest BCUT2D eigenvalue weighted by atomic mass is 10.1. The van der Waals surface area contributed by atoms with Crippen LogP contribution in [-0.2, 0) is 14.6 Å². The summed E-state index contributed by atoms with van der Waals surface area (Å²) in [6, 6.07) is 0. The molecule has 0 radical (unpaired) electrons. The second kappa shape index (κ2) is 6.60. The molecule has 1 rings (SSSR count). The van der Waals surface area contributed by atoms with Crippen LogP contribution in [0.4, 0.5) is 0 Å². The third-order valence-electron chi connectivity index (χ3n) is 3.08. The lowest BCUT2D eigenvalue weighted by molar-refractivity contribution is 0.00715. The van der Waals surface area contributed by atoms with Crippen LogP contribution in [0.1, 0.15) is 52.4 Å². The molecule has 4 heteroatoms. The van der Waals surface area contributed by atoms with Gasteiger partial charge in [-0.2, -0.15) is 0 Å². The largest absolute Gasteiger partial charge is 0.374 e. The first kappa shape index (κ1) is 14.0. The molecule has 0 bridgehead atoms. The highest BCUT2D eigenvalue weighted by Crippen LogP contribution is 2.18. The minimum Gasteiger partial charge on any atom is -0.374 e. The van der Waals surface area contributed by atoms with Crippen LogP contribution in [0, 0.1) is 0 Å². The van der Waals surface area contributed by atoms with Gasteiger partial charge in [-0.15, -0.1) is 0 Å². The number of sulfone groups is 1. The Balaban J connectivity index is 2.13. The van der Waals surface area contributed by atoms with Gasteiger partial charge < -0.3 is 4.74 Å². The first-order valence-corrected chi connectivity index (χ1v) is 8.21. The maximum Gasteiger partial charge on any atom is 0.152 e. The summed E-state index contributed by atoms with van der Waals surface area (Å²) < 4.78 is 28.2. The van der Waals surface area contributed by atoms with E-state index in [0.29, 0.717) is 12.2 Å². The van der Waals surface area contributed by atoms with E-state index in [2.05, 4.69) is 13.8 Å². The van der Waals surface area contributed by atoms with Crippen molar-refractivity contribution in [3.8, 4) is 0 Å². The van der Waals surface area contributed by atoms with Gasteiger partial charge in [-0.05, 0) is 19.8 Å². The summed E-state index contributed by atoms with van der Waals surface area (Å²) >= 11 is 0. The lowest BCUT2D eigenvalue weighted by Crippen LogP contribution is -2.21. The first-order valence-electron chi connectivity index (χ1n) is 6.39. The summed E-state index contributed by atoms with van der Waals surface area (Å²) in [6.07, 6.45) is 6.86. The average Bonchev–Trinajstić information content (AvgIpc) is 2.53. The van der Waals surface area contributed by atoms with Crippen molar-refractivity contribution in [1.29, 1.82) is 0 Å². The molecule has 1 fully saturated rings. The third-order valence-corrected chi connectivity index (χ3v) is 4.82. The molecular weight excluding hydrogens is 224 g/mol. The standard InChI is InChI=1S/C12H24O3S/c1-3-4-5-6-7-11(2)15-12-8-9-16(13,14)10-12/h11-12H,3-10H2,1-2H3/t11-,12+/m1/s1. The van der Waals surface area contributed by atoms with E-state index >= 15 is 0 Å². The molecular formula is C12H24O3S. The predicted molar refractivity (Wildman–Crippen MR) is 66.4 cm³/mol. The average molecular weight is 248 g/mol. The van der Waals surface area contributed by atoms with Crippen molar-refractivity contribution in [1.82, 2.24) is 0 Å². The monoisotopic (exact) mass is 248 g/mol. The summed E-state index contributed by atoms with van der Waals surface area (Å²) in [7, 11) is -2.80. The summed E-state index contributed by atoms with van der Waals surface area (Å²) in [5, 5.41) is 0. The van der Waals surface area contributed by atoms with Crippen LogP contribution in [0.5, 0.6) is 0 Å². The van der Waals surface area contributed by atoms with E-state index in [0.717, 1.165) is 6.42 Å². The van der Waals surface area contributed by atoms with Gasteiger partial charge in [0.2, 0.25) is 0 Å². The zero-order valence-electron chi connectivity index (χ0n) is 10.4. The smallest absolute Gasteiger partial charge is 0.152 e. The van der Waals surface area contributed by atoms with Gasteiger partial charge >= 0.3 is 0 Å². The molecule has 1 saturated heterocycles. The Hall–Kier alpha value is -0.0900. The molecule has 0 spiro atoms. The zero-order valence-corrected chi connectivity index (χ0v) is 11.3. The molecule has 3 nitrogen and oxygen atoms in total. The Kier molecular flexibility index (Phi) is 5.76. The van der Waals surface area contributed by atoms with Gasteiger partial charge in [0.05, 0.1) is 23.7 Å². The molecule has 0 aromatic rings. The van der Waals surface area contributed by atoms with Crippen molar-refractivity contribution in [3.05, 3.63) is 0 Å². The molecule has 0 aromatic carbocycles. The number of rotatable bonds is 7. The van der Waals surface area contributed by atoms with Crippen LogP contribution < -0.4 is 0 Å². The summed E-state index contributed by atoms with van der Waals surface area (Å²) in [5.74, 6) is 0.534. The van der Waals surface area contributed by atoms with Crippen LogP contribution in [0.15, 0.2) is 0 Å². The van der Waals surface area contributed by atoms with Crippen molar-refractivity contribution < 1.29 is 13.2 Å². The fraction of sp³-hybridized carbons (Fsp3) is 1.00. The molecule has 0 amide bonds. The number of ether oxygens (including phenoxy) is 1. The fourth-order valence-electron chi connectivity index (χ4n) is 2.12. The van der Waals surface area contributed by atoms with E-state index in [4.69, 9.17) is 4.74 Å². The van der Waals surface area contributed by atoms with Gasteiger partial charge in [0, 0.05) is 0 Å². The van der Waals surface area contributed by atoms with E-state index in [1.807, 2.05) is 0 Å². The first-order chi connectivity index (χ1) is 7.53. The van der Waals surface area contributed by atoms with Crippen molar-refractivity contribution in [3.63, 3.8) is 0 Å². The molecule has 0 N–H and O–H groups in total. The van der Waals surface area contributed by atoms with Crippen LogP contribution in [0.3, 0.4) is 0 Å². The minimum absolute atomic E-state index is 0.0498. The topological polar surface area (TPSA) is 43.4 Å². The van der Waals surface area contributed by atoms with E-state index in [9.17, 15) is 8.42 Å². The van der Waals surface area contributed by atoms with Gasteiger partial charge in [0.15, 0.2) is 9.84 Å². The van der Waals surface area contributed by atoms with Crippen LogP contribution in [0.25, 0.3) is 0 Å². The molecule has 0 aliphatic carbocycles. The molecule has 96 valence electrons.